The summed E-state index contributed by atoms with van der Waals surface area (Å²) < 4.78 is 11.0. The Labute approximate surface area is 190 Å². The summed E-state index contributed by atoms with van der Waals surface area (Å²) in [5.74, 6) is 1.47. The highest BCUT2D eigenvalue weighted by Gasteiger charge is 2.17. The minimum Gasteiger partial charge on any atom is -0.494 e. The number of Topliss-reactive ketones (excluding diaryl/α,β-unsaturated/α-hetero) is 1. The molecule has 0 unspecified atom stereocenters. The molecule has 0 bridgehead atoms. The van der Waals surface area contributed by atoms with Crippen LogP contribution in [0.2, 0.25) is 0 Å². The molecule has 0 radical (unpaired) electrons. The van der Waals surface area contributed by atoms with Gasteiger partial charge in [0.2, 0.25) is 0 Å². The zero-order valence-corrected chi connectivity index (χ0v) is 19.0. The van der Waals surface area contributed by atoms with Gasteiger partial charge in [-0.05, 0) is 69.6 Å². The molecule has 0 spiro atoms. The van der Waals surface area contributed by atoms with Gasteiger partial charge in [0.1, 0.15) is 11.5 Å². The van der Waals surface area contributed by atoms with Crippen molar-refractivity contribution in [2.45, 2.75) is 32.6 Å². The molecule has 6 nitrogen and oxygen atoms in total. The van der Waals surface area contributed by atoms with Crippen molar-refractivity contribution >= 4 is 29.8 Å². The molecule has 0 aromatic heterocycles. The average molecular weight is 447 g/mol. The maximum Gasteiger partial charge on any atom is 0.262 e. The van der Waals surface area contributed by atoms with Gasteiger partial charge in [-0.3, -0.25) is 9.59 Å². The SMILES string of the molecule is CCOc1ccccc1CCN(C)CCCCC(=O)c1ccc2c(c1)NC(=O)CO2.Cl. The highest BCUT2D eigenvalue weighted by Crippen LogP contribution is 2.29. The number of para-hydroxylation sites is 1. The van der Waals surface area contributed by atoms with Crippen molar-refractivity contribution in [3.8, 4) is 11.5 Å². The second-order valence-corrected chi connectivity index (χ2v) is 7.52. The number of unbranched alkanes of at least 4 members (excludes halogenated alkanes) is 1. The maximum absolute atomic E-state index is 12.5. The van der Waals surface area contributed by atoms with Crippen LogP contribution in [0.3, 0.4) is 0 Å². The minimum absolute atomic E-state index is 0. The van der Waals surface area contributed by atoms with Gasteiger partial charge >= 0.3 is 0 Å². The van der Waals surface area contributed by atoms with Crippen LogP contribution in [0.25, 0.3) is 0 Å². The lowest BCUT2D eigenvalue weighted by Crippen LogP contribution is -2.25. The average Bonchev–Trinajstić information content (AvgIpc) is 2.75. The van der Waals surface area contributed by atoms with Crippen LogP contribution in [0.1, 0.15) is 42.1 Å². The molecule has 0 fully saturated rings. The number of benzene rings is 2. The monoisotopic (exact) mass is 446 g/mol. The lowest BCUT2D eigenvalue weighted by atomic mass is 10.0. The second kappa shape index (κ2) is 12.3. The van der Waals surface area contributed by atoms with Gasteiger partial charge < -0.3 is 19.7 Å². The summed E-state index contributed by atoms with van der Waals surface area (Å²) in [5, 5.41) is 2.74. The van der Waals surface area contributed by atoms with Crippen molar-refractivity contribution in [2.75, 3.05) is 38.7 Å². The predicted octanol–water partition coefficient (Wildman–Crippen LogP) is 4.37. The Morgan fingerprint density at radius 3 is 2.77 bits per heavy atom. The fourth-order valence-corrected chi connectivity index (χ4v) is 3.50. The van der Waals surface area contributed by atoms with E-state index in [-0.39, 0.29) is 30.7 Å². The van der Waals surface area contributed by atoms with Crippen LogP contribution in [-0.4, -0.2) is 49.9 Å². The van der Waals surface area contributed by atoms with Gasteiger partial charge in [-0.15, -0.1) is 12.4 Å². The number of halogens is 1. The third kappa shape index (κ3) is 7.26. The van der Waals surface area contributed by atoms with E-state index >= 15 is 0 Å². The standard InChI is InChI=1S/C24H30N2O4.ClH/c1-3-29-22-10-5-4-8-18(22)13-15-26(2)14-7-6-9-21(27)19-11-12-23-20(16-19)25-24(28)17-30-23;/h4-5,8,10-12,16H,3,6-7,9,13-15,17H2,1-2H3,(H,25,28);1H. The van der Waals surface area contributed by atoms with Gasteiger partial charge in [-0.25, -0.2) is 0 Å². The number of carbonyl (C=O) groups is 2. The van der Waals surface area contributed by atoms with E-state index in [9.17, 15) is 9.59 Å². The van der Waals surface area contributed by atoms with E-state index in [1.54, 1.807) is 18.2 Å². The molecule has 168 valence electrons. The Balaban J connectivity index is 0.00000341. The van der Waals surface area contributed by atoms with Crippen molar-refractivity contribution < 1.29 is 19.1 Å². The van der Waals surface area contributed by atoms with E-state index in [2.05, 4.69) is 23.3 Å². The van der Waals surface area contributed by atoms with E-state index in [4.69, 9.17) is 9.47 Å². The number of ether oxygens (including phenoxy) is 2. The number of anilines is 1. The van der Waals surface area contributed by atoms with Gasteiger partial charge in [0, 0.05) is 18.5 Å². The van der Waals surface area contributed by atoms with Gasteiger partial charge in [0.05, 0.1) is 12.3 Å². The summed E-state index contributed by atoms with van der Waals surface area (Å²) in [6.07, 6.45) is 3.22. The van der Waals surface area contributed by atoms with Crippen molar-refractivity contribution in [1.29, 1.82) is 0 Å². The van der Waals surface area contributed by atoms with Gasteiger partial charge in [-0.1, -0.05) is 18.2 Å². The third-order valence-corrected chi connectivity index (χ3v) is 5.16. The normalized spacial score (nSPS) is 12.4. The Kier molecular flexibility index (Phi) is 9.82. The molecule has 0 saturated carbocycles. The largest absolute Gasteiger partial charge is 0.494 e. The number of amides is 1. The van der Waals surface area contributed by atoms with Crippen LogP contribution in [0.5, 0.6) is 11.5 Å². The first-order valence-corrected chi connectivity index (χ1v) is 10.6. The summed E-state index contributed by atoms with van der Waals surface area (Å²) in [6.45, 7) is 4.58. The molecule has 0 aliphatic carbocycles. The Morgan fingerprint density at radius 1 is 1.16 bits per heavy atom. The van der Waals surface area contributed by atoms with Crippen LogP contribution in [0.15, 0.2) is 42.5 Å². The number of hydrogen-bond acceptors (Lipinski definition) is 5. The summed E-state index contributed by atoms with van der Waals surface area (Å²) in [4.78, 5) is 26.2. The van der Waals surface area contributed by atoms with Gasteiger partial charge in [0.15, 0.2) is 12.4 Å². The fraction of sp³-hybridized carbons (Fsp3) is 0.417. The summed E-state index contributed by atoms with van der Waals surface area (Å²) in [6, 6.07) is 13.4. The minimum atomic E-state index is -0.195. The highest BCUT2D eigenvalue weighted by molar-refractivity contribution is 6.00. The molecule has 2 aromatic rings. The fourth-order valence-electron chi connectivity index (χ4n) is 3.50. The van der Waals surface area contributed by atoms with Crippen LogP contribution < -0.4 is 14.8 Å². The number of ketones is 1. The molecule has 1 amide bonds. The van der Waals surface area contributed by atoms with Gasteiger partial charge in [-0.2, -0.15) is 0 Å². The lowest BCUT2D eigenvalue weighted by Gasteiger charge is -2.18. The topological polar surface area (TPSA) is 67.9 Å². The molecule has 7 heteroatoms. The van der Waals surface area contributed by atoms with Gasteiger partial charge in [0.25, 0.3) is 5.91 Å². The van der Waals surface area contributed by atoms with E-state index in [1.807, 2.05) is 25.1 Å². The number of nitrogens with one attached hydrogen (secondary N) is 1. The van der Waals surface area contributed by atoms with Crippen LogP contribution >= 0.6 is 12.4 Å². The lowest BCUT2D eigenvalue weighted by molar-refractivity contribution is -0.118. The number of nitrogens with zero attached hydrogens (tertiary/aromatic N) is 1. The van der Waals surface area contributed by atoms with E-state index in [1.165, 1.54) is 5.56 Å². The summed E-state index contributed by atoms with van der Waals surface area (Å²) in [5.41, 5.74) is 2.41. The third-order valence-electron chi connectivity index (χ3n) is 5.16. The van der Waals surface area contributed by atoms with Crippen LogP contribution in [0, 0.1) is 0 Å². The number of fused-ring (bicyclic) bond motifs is 1. The first-order valence-electron chi connectivity index (χ1n) is 10.6. The first-order chi connectivity index (χ1) is 14.6. The number of hydrogen-bond donors (Lipinski definition) is 1. The summed E-state index contributed by atoms with van der Waals surface area (Å²) in [7, 11) is 2.11. The Hall–Kier alpha value is -2.57. The van der Waals surface area contributed by atoms with Crippen molar-refractivity contribution in [3.63, 3.8) is 0 Å². The van der Waals surface area contributed by atoms with Crippen molar-refractivity contribution in [3.05, 3.63) is 53.6 Å². The zero-order chi connectivity index (χ0) is 21.3. The smallest absolute Gasteiger partial charge is 0.262 e. The zero-order valence-electron chi connectivity index (χ0n) is 18.2. The summed E-state index contributed by atoms with van der Waals surface area (Å²) >= 11 is 0. The second-order valence-electron chi connectivity index (χ2n) is 7.52. The molecule has 31 heavy (non-hydrogen) atoms. The van der Waals surface area contributed by atoms with Crippen LogP contribution in [0.4, 0.5) is 5.69 Å². The Morgan fingerprint density at radius 2 is 1.97 bits per heavy atom. The number of carbonyl (C=O) groups excluding carboxylic acids is 2. The molecular weight excluding hydrogens is 416 g/mol. The molecule has 1 heterocycles. The maximum atomic E-state index is 12.5. The molecule has 0 atom stereocenters. The first kappa shape index (κ1) is 24.7. The molecule has 1 N–H and O–H groups in total. The quantitative estimate of drug-likeness (QED) is 0.410. The molecule has 0 saturated heterocycles. The Bertz CT molecular complexity index is 888. The molecule has 2 aromatic carbocycles. The molecule has 1 aliphatic heterocycles. The molecular formula is C24H31ClN2O4. The van der Waals surface area contributed by atoms with Crippen LogP contribution in [-0.2, 0) is 11.2 Å². The number of rotatable bonds is 11. The molecule has 3 rings (SSSR count). The molecule has 1 aliphatic rings. The van der Waals surface area contributed by atoms with Crippen molar-refractivity contribution in [2.24, 2.45) is 0 Å². The van der Waals surface area contributed by atoms with E-state index in [0.29, 0.717) is 30.0 Å². The highest BCUT2D eigenvalue weighted by atomic mass is 35.5. The van der Waals surface area contributed by atoms with E-state index < -0.39 is 0 Å². The number of likely N-dealkylation sites (N-methyl/N-ethyl adjacent to an activating group) is 1. The predicted molar refractivity (Wildman–Crippen MR) is 125 cm³/mol. The van der Waals surface area contributed by atoms with E-state index in [0.717, 1.165) is 38.1 Å². The van der Waals surface area contributed by atoms with Crippen molar-refractivity contribution in [1.82, 2.24) is 4.90 Å².